The van der Waals surface area contributed by atoms with Crippen molar-refractivity contribution in [2.75, 3.05) is 11.4 Å². The van der Waals surface area contributed by atoms with Crippen LogP contribution in [0, 0.1) is 13.8 Å². The highest BCUT2D eigenvalue weighted by molar-refractivity contribution is 6.11. The molecule has 5 rings (SSSR count). The van der Waals surface area contributed by atoms with Crippen LogP contribution in [0.25, 0.3) is 0 Å². The monoisotopic (exact) mass is 481 g/mol. The summed E-state index contributed by atoms with van der Waals surface area (Å²) in [6.45, 7) is 7.01. The fourth-order valence-corrected chi connectivity index (χ4v) is 5.16. The number of benzene rings is 3. The number of para-hydroxylation sites is 1. The minimum Gasteiger partial charge on any atom is -0.346 e. The summed E-state index contributed by atoms with van der Waals surface area (Å²) in [5.41, 5.74) is 6.02. The van der Waals surface area contributed by atoms with Crippen LogP contribution in [-0.4, -0.2) is 35.2 Å². The fourth-order valence-electron chi connectivity index (χ4n) is 5.16. The number of nitrogens with zero attached hydrogens (tertiary/aromatic N) is 2. The third kappa shape index (κ3) is 4.39. The van der Waals surface area contributed by atoms with Crippen molar-refractivity contribution < 1.29 is 14.4 Å². The topological polar surface area (TPSA) is 69.7 Å². The average molecular weight is 482 g/mol. The van der Waals surface area contributed by atoms with Crippen LogP contribution in [0.15, 0.2) is 66.7 Å². The molecular formula is C30H31N3O3. The van der Waals surface area contributed by atoms with E-state index in [0.717, 1.165) is 17.5 Å². The number of carbonyl (C=O) groups is 3. The van der Waals surface area contributed by atoms with E-state index in [4.69, 9.17) is 0 Å². The molecule has 36 heavy (non-hydrogen) atoms. The van der Waals surface area contributed by atoms with E-state index in [-0.39, 0.29) is 23.8 Å². The summed E-state index contributed by atoms with van der Waals surface area (Å²) in [5, 5.41) is 3.09. The largest absolute Gasteiger partial charge is 0.346 e. The van der Waals surface area contributed by atoms with E-state index in [0.29, 0.717) is 36.3 Å². The van der Waals surface area contributed by atoms with Gasteiger partial charge in [-0.25, -0.2) is 0 Å². The molecule has 3 aromatic rings. The standard InChI is InChI=1S/C30H31N3O3/c1-19-13-14-23(16-20(19)2)21(3)31-28(34)24-9-6-8-22(17-24)18-33-26-11-5-4-10-25(26)29(35)32-15-7-12-27(32)30(33)36/h4-6,8-11,13-14,16-17,21,27H,7,12,15,18H2,1-3H3,(H,31,34)/t21-,27-/m1/s1. The Hall–Kier alpha value is -3.93. The highest BCUT2D eigenvalue weighted by Gasteiger charge is 2.41. The second-order valence-corrected chi connectivity index (χ2v) is 9.84. The summed E-state index contributed by atoms with van der Waals surface area (Å²) >= 11 is 0. The smallest absolute Gasteiger partial charge is 0.256 e. The first-order valence-electron chi connectivity index (χ1n) is 12.5. The first kappa shape index (κ1) is 23.8. The van der Waals surface area contributed by atoms with E-state index in [2.05, 4.69) is 31.3 Å². The predicted molar refractivity (Wildman–Crippen MR) is 140 cm³/mol. The number of hydrogen-bond donors (Lipinski definition) is 1. The van der Waals surface area contributed by atoms with Gasteiger partial charge in [-0.05, 0) is 80.1 Å². The third-order valence-electron chi connectivity index (χ3n) is 7.40. The van der Waals surface area contributed by atoms with Gasteiger partial charge in [-0.3, -0.25) is 14.4 Å². The Morgan fingerprint density at radius 3 is 2.61 bits per heavy atom. The molecule has 184 valence electrons. The lowest BCUT2D eigenvalue weighted by atomic mass is 10.0. The van der Waals surface area contributed by atoms with Crippen LogP contribution >= 0.6 is 0 Å². The highest BCUT2D eigenvalue weighted by atomic mass is 16.2. The molecule has 3 amide bonds. The Labute approximate surface area is 211 Å². The van der Waals surface area contributed by atoms with Gasteiger partial charge >= 0.3 is 0 Å². The molecule has 0 aliphatic carbocycles. The van der Waals surface area contributed by atoms with Crippen LogP contribution in [0.1, 0.15) is 68.8 Å². The van der Waals surface area contributed by atoms with E-state index in [1.165, 1.54) is 11.1 Å². The van der Waals surface area contributed by atoms with Gasteiger partial charge in [0.1, 0.15) is 6.04 Å². The Kier molecular flexibility index (Phi) is 6.35. The van der Waals surface area contributed by atoms with Gasteiger partial charge in [-0.15, -0.1) is 0 Å². The molecule has 0 bridgehead atoms. The molecule has 1 fully saturated rings. The third-order valence-corrected chi connectivity index (χ3v) is 7.40. The lowest BCUT2D eigenvalue weighted by Crippen LogP contribution is -2.44. The lowest BCUT2D eigenvalue weighted by molar-refractivity contribution is -0.122. The number of aryl methyl sites for hydroxylation is 2. The molecule has 0 radical (unpaired) electrons. The van der Waals surface area contributed by atoms with Crippen molar-refractivity contribution in [2.24, 2.45) is 0 Å². The Bertz CT molecular complexity index is 1350. The summed E-state index contributed by atoms with van der Waals surface area (Å²) in [4.78, 5) is 43.2. The summed E-state index contributed by atoms with van der Waals surface area (Å²) in [6, 6.07) is 20.3. The molecule has 2 atom stereocenters. The molecule has 1 N–H and O–H groups in total. The number of hydrogen-bond acceptors (Lipinski definition) is 3. The van der Waals surface area contributed by atoms with Gasteiger partial charge < -0.3 is 15.1 Å². The summed E-state index contributed by atoms with van der Waals surface area (Å²) < 4.78 is 0. The van der Waals surface area contributed by atoms with Crippen LogP contribution in [0.3, 0.4) is 0 Å². The number of rotatable bonds is 5. The van der Waals surface area contributed by atoms with Gasteiger partial charge in [-0.1, -0.05) is 42.5 Å². The van der Waals surface area contributed by atoms with Gasteiger partial charge in [-0.2, -0.15) is 0 Å². The number of fused-ring (bicyclic) bond motifs is 2. The fraction of sp³-hybridized carbons (Fsp3) is 0.300. The van der Waals surface area contributed by atoms with Gasteiger partial charge in [0.2, 0.25) is 5.91 Å². The second kappa shape index (κ2) is 9.61. The zero-order valence-corrected chi connectivity index (χ0v) is 21.0. The average Bonchev–Trinajstić information content (AvgIpc) is 3.36. The van der Waals surface area contributed by atoms with Crippen LogP contribution < -0.4 is 10.2 Å². The zero-order chi connectivity index (χ0) is 25.4. The molecule has 2 aliphatic heterocycles. The van der Waals surface area contributed by atoms with Crippen molar-refractivity contribution in [2.45, 2.75) is 52.2 Å². The highest BCUT2D eigenvalue weighted by Crippen LogP contribution is 2.33. The number of nitrogens with one attached hydrogen (secondary N) is 1. The molecule has 0 unspecified atom stereocenters. The van der Waals surface area contributed by atoms with Crippen molar-refractivity contribution in [1.82, 2.24) is 10.2 Å². The molecule has 2 aliphatic rings. The molecule has 1 saturated heterocycles. The van der Waals surface area contributed by atoms with Gasteiger partial charge in [0.25, 0.3) is 11.8 Å². The zero-order valence-electron chi connectivity index (χ0n) is 21.0. The molecule has 6 nitrogen and oxygen atoms in total. The normalized spacial score (nSPS) is 17.9. The van der Waals surface area contributed by atoms with E-state index in [1.807, 2.05) is 49.4 Å². The van der Waals surface area contributed by atoms with Crippen LogP contribution in [-0.2, 0) is 11.3 Å². The van der Waals surface area contributed by atoms with Crippen LogP contribution in [0.5, 0.6) is 0 Å². The maximum absolute atomic E-state index is 13.6. The maximum atomic E-state index is 13.6. The number of carbonyl (C=O) groups excluding carboxylic acids is 3. The minimum absolute atomic E-state index is 0.0657. The van der Waals surface area contributed by atoms with Crippen molar-refractivity contribution >= 4 is 23.4 Å². The Morgan fingerprint density at radius 1 is 1.00 bits per heavy atom. The molecule has 0 spiro atoms. The second-order valence-electron chi connectivity index (χ2n) is 9.84. The van der Waals surface area contributed by atoms with Crippen molar-refractivity contribution in [3.63, 3.8) is 0 Å². The maximum Gasteiger partial charge on any atom is 0.256 e. The summed E-state index contributed by atoms with van der Waals surface area (Å²) in [6.07, 6.45) is 1.50. The van der Waals surface area contributed by atoms with E-state index in [9.17, 15) is 14.4 Å². The molecule has 0 saturated carbocycles. The molecular weight excluding hydrogens is 450 g/mol. The van der Waals surface area contributed by atoms with Crippen LogP contribution in [0.4, 0.5) is 5.69 Å². The number of anilines is 1. The number of amides is 3. The molecule has 3 aromatic carbocycles. The van der Waals surface area contributed by atoms with E-state index >= 15 is 0 Å². The summed E-state index contributed by atoms with van der Waals surface area (Å²) in [7, 11) is 0. The SMILES string of the molecule is Cc1ccc([C@@H](C)NC(=O)c2cccc(CN3C(=O)[C@H]4CCCN4C(=O)c4ccccc43)c2)cc1C. The van der Waals surface area contributed by atoms with Crippen LogP contribution in [0.2, 0.25) is 0 Å². The van der Waals surface area contributed by atoms with E-state index < -0.39 is 6.04 Å². The minimum atomic E-state index is -0.435. The van der Waals surface area contributed by atoms with Crippen molar-refractivity contribution in [3.8, 4) is 0 Å². The lowest BCUT2D eigenvalue weighted by Gasteiger charge is -2.26. The molecule has 2 heterocycles. The molecule has 0 aromatic heterocycles. The van der Waals surface area contributed by atoms with Crippen molar-refractivity contribution in [3.05, 3.63) is 100 Å². The Balaban J connectivity index is 1.39. The predicted octanol–water partition coefficient (Wildman–Crippen LogP) is 4.95. The van der Waals surface area contributed by atoms with E-state index in [1.54, 1.807) is 21.9 Å². The van der Waals surface area contributed by atoms with Crippen molar-refractivity contribution in [1.29, 1.82) is 0 Å². The van der Waals surface area contributed by atoms with Gasteiger partial charge in [0, 0.05) is 12.1 Å². The Morgan fingerprint density at radius 2 is 1.81 bits per heavy atom. The summed E-state index contributed by atoms with van der Waals surface area (Å²) in [5.74, 6) is -0.316. The van der Waals surface area contributed by atoms with Gasteiger partial charge in [0.15, 0.2) is 0 Å². The quantitative estimate of drug-likeness (QED) is 0.561. The first-order valence-corrected chi connectivity index (χ1v) is 12.5. The first-order chi connectivity index (χ1) is 17.3. The molecule has 6 heteroatoms. The van der Waals surface area contributed by atoms with Gasteiger partial charge in [0.05, 0.1) is 23.8 Å².